The highest BCUT2D eigenvalue weighted by molar-refractivity contribution is 9.10. The monoisotopic (exact) mass is 357 g/mol. The van der Waals surface area contributed by atoms with Gasteiger partial charge in [0, 0.05) is 49.8 Å². The minimum atomic E-state index is -0.258. The molecule has 6 heteroatoms. The van der Waals surface area contributed by atoms with Crippen molar-refractivity contribution in [2.75, 3.05) is 33.7 Å². The molecule has 0 saturated carbocycles. The van der Waals surface area contributed by atoms with Crippen molar-refractivity contribution in [1.29, 1.82) is 0 Å². The van der Waals surface area contributed by atoms with Crippen LogP contribution in [0.25, 0.3) is 0 Å². The second-order valence-electron chi connectivity index (χ2n) is 5.53. The molecule has 1 heterocycles. The van der Waals surface area contributed by atoms with Crippen LogP contribution in [0.2, 0.25) is 0 Å². The standard InChI is InChI=1S/C15H21BrFN3O/c1-10(12-5-4-11(16)8-13(12)17)20-7-6-18-9-14(20)15(21)19(2)3/h4-5,8,10,14,18H,6-7,9H2,1-3H3. The van der Waals surface area contributed by atoms with Crippen LogP contribution < -0.4 is 5.32 Å². The molecule has 2 rings (SSSR count). The first-order valence-corrected chi connectivity index (χ1v) is 7.83. The molecule has 2 unspecified atom stereocenters. The van der Waals surface area contributed by atoms with Gasteiger partial charge in [-0.1, -0.05) is 22.0 Å². The molecule has 0 radical (unpaired) electrons. The number of benzene rings is 1. The van der Waals surface area contributed by atoms with Crippen molar-refractivity contribution in [3.63, 3.8) is 0 Å². The predicted octanol–water partition coefficient (Wildman–Crippen LogP) is 2.01. The average molecular weight is 358 g/mol. The summed E-state index contributed by atoms with van der Waals surface area (Å²) in [6.45, 7) is 4.08. The number of likely N-dealkylation sites (N-methyl/N-ethyl adjacent to an activating group) is 1. The fourth-order valence-electron chi connectivity index (χ4n) is 2.73. The summed E-state index contributed by atoms with van der Waals surface area (Å²) in [5.74, 6) is -0.196. The van der Waals surface area contributed by atoms with Crippen LogP contribution in [-0.4, -0.2) is 55.5 Å². The van der Waals surface area contributed by atoms with E-state index in [9.17, 15) is 9.18 Å². The highest BCUT2D eigenvalue weighted by atomic mass is 79.9. The first-order chi connectivity index (χ1) is 9.91. The number of carbonyl (C=O) groups is 1. The highest BCUT2D eigenvalue weighted by Gasteiger charge is 2.33. The van der Waals surface area contributed by atoms with E-state index in [2.05, 4.69) is 26.1 Å². The van der Waals surface area contributed by atoms with Crippen LogP contribution in [0.3, 0.4) is 0 Å². The summed E-state index contributed by atoms with van der Waals surface area (Å²) < 4.78 is 14.9. The number of rotatable bonds is 3. The Morgan fingerprint density at radius 3 is 2.86 bits per heavy atom. The quantitative estimate of drug-likeness (QED) is 0.898. The first kappa shape index (κ1) is 16.4. The number of halogens is 2. The molecule has 1 aliphatic heterocycles. The molecule has 1 fully saturated rings. The highest BCUT2D eigenvalue weighted by Crippen LogP contribution is 2.27. The third-order valence-electron chi connectivity index (χ3n) is 3.92. The summed E-state index contributed by atoms with van der Waals surface area (Å²) >= 11 is 3.27. The molecule has 21 heavy (non-hydrogen) atoms. The third-order valence-corrected chi connectivity index (χ3v) is 4.41. The Hall–Kier alpha value is -0.980. The molecule has 1 amide bonds. The molecular formula is C15H21BrFN3O. The van der Waals surface area contributed by atoms with E-state index in [0.717, 1.165) is 17.6 Å². The predicted molar refractivity (Wildman–Crippen MR) is 84.6 cm³/mol. The maximum absolute atomic E-state index is 14.2. The van der Waals surface area contributed by atoms with Crippen molar-refractivity contribution in [1.82, 2.24) is 15.1 Å². The van der Waals surface area contributed by atoms with Gasteiger partial charge in [-0.3, -0.25) is 9.69 Å². The zero-order valence-corrected chi connectivity index (χ0v) is 14.2. The lowest BCUT2D eigenvalue weighted by molar-refractivity contribution is -0.136. The van der Waals surface area contributed by atoms with Crippen molar-refractivity contribution in [2.45, 2.75) is 19.0 Å². The zero-order valence-electron chi connectivity index (χ0n) is 12.6. The van der Waals surface area contributed by atoms with Crippen molar-refractivity contribution in [3.05, 3.63) is 34.1 Å². The molecule has 116 valence electrons. The Bertz CT molecular complexity index is 524. The van der Waals surface area contributed by atoms with Crippen LogP contribution in [0.5, 0.6) is 0 Å². The molecule has 1 saturated heterocycles. The van der Waals surface area contributed by atoms with Gasteiger partial charge in [0.1, 0.15) is 11.9 Å². The molecule has 2 atom stereocenters. The van der Waals surface area contributed by atoms with Crippen LogP contribution >= 0.6 is 15.9 Å². The van der Waals surface area contributed by atoms with Crippen LogP contribution in [-0.2, 0) is 4.79 Å². The lowest BCUT2D eigenvalue weighted by Gasteiger charge is -2.40. The van der Waals surface area contributed by atoms with Gasteiger partial charge in [-0.25, -0.2) is 4.39 Å². The fraction of sp³-hybridized carbons (Fsp3) is 0.533. The average Bonchev–Trinajstić information content (AvgIpc) is 2.45. The smallest absolute Gasteiger partial charge is 0.240 e. The van der Waals surface area contributed by atoms with E-state index in [0.29, 0.717) is 12.1 Å². The van der Waals surface area contributed by atoms with Gasteiger partial charge < -0.3 is 10.2 Å². The maximum atomic E-state index is 14.2. The van der Waals surface area contributed by atoms with Gasteiger partial charge in [-0.2, -0.15) is 0 Å². The number of hydrogen-bond donors (Lipinski definition) is 1. The minimum Gasteiger partial charge on any atom is -0.347 e. The van der Waals surface area contributed by atoms with Gasteiger partial charge >= 0.3 is 0 Å². The molecule has 0 aromatic heterocycles. The number of nitrogens with zero attached hydrogens (tertiary/aromatic N) is 2. The molecule has 1 aromatic carbocycles. The second-order valence-corrected chi connectivity index (χ2v) is 6.45. The third kappa shape index (κ3) is 3.62. The van der Waals surface area contributed by atoms with E-state index in [-0.39, 0.29) is 23.8 Å². The summed E-state index contributed by atoms with van der Waals surface area (Å²) in [7, 11) is 3.50. The normalized spacial score (nSPS) is 21.1. The molecule has 0 bridgehead atoms. The van der Waals surface area contributed by atoms with Gasteiger partial charge in [-0.05, 0) is 19.1 Å². The Morgan fingerprint density at radius 1 is 1.52 bits per heavy atom. The van der Waals surface area contributed by atoms with Gasteiger partial charge in [0.2, 0.25) is 5.91 Å². The number of piperazine rings is 1. The summed E-state index contributed by atoms with van der Waals surface area (Å²) in [6, 6.07) is 4.68. The fourth-order valence-corrected chi connectivity index (χ4v) is 3.06. The minimum absolute atomic E-state index is 0.0477. The maximum Gasteiger partial charge on any atom is 0.240 e. The summed E-state index contributed by atoms with van der Waals surface area (Å²) in [6.07, 6.45) is 0. The Kier molecular flexibility index (Phi) is 5.35. The van der Waals surface area contributed by atoms with Gasteiger partial charge in [0.15, 0.2) is 0 Å². The van der Waals surface area contributed by atoms with E-state index in [4.69, 9.17) is 0 Å². The van der Waals surface area contributed by atoms with Crippen LogP contribution in [0.1, 0.15) is 18.5 Å². The molecule has 1 aliphatic rings. The van der Waals surface area contributed by atoms with E-state index >= 15 is 0 Å². The molecule has 4 nitrogen and oxygen atoms in total. The summed E-state index contributed by atoms with van der Waals surface area (Å²) in [4.78, 5) is 16.0. The van der Waals surface area contributed by atoms with Crippen LogP contribution in [0, 0.1) is 5.82 Å². The van der Waals surface area contributed by atoms with Gasteiger partial charge in [0.05, 0.1) is 0 Å². The molecule has 1 N–H and O–H groups in total. The van der Waals surface area contributed by atoms with Crippen LogP contribution in [0.15, 0.2) is 22.7 Å². The Balaban J connectivity index is 2.26. The van der Waals surface area contributed by atoms with Crippen molar-refractivity contribution in [3.8, 4) is 0 Å². The summed E-state index contributed by atoms with van der Waals surface area (Å²) in [5, 5.41) is 3.24. The summed E-state index contributed by atoms with van der Waals surface area (Å²) in [5.41, 5.74) is 0.622. The van der Waals surface area contributed by atoms with Crippen molar-refractivity contribution in [2.24, 2.45) is 0 Å². The van der Waals surface area contributed by atoms with Crippen molar-refractivity contribution >= 4 is 21.8 Å². The van der Waals surface area contributed by atoms with E-state index in [1.807, 2.05) is 13.0 Å². The van der Waals surface area contributed by atoms with Gasteiger partial charge in [0.25, 0.3) is 0 Å². The SMILES string of the molecule is CC(c1ccc(Br)cc1F)N1CCNCC1C(=O)N(C)C. The van der Waals surface area contributed by atoms with Gasteiger partial charge in [-0.15, -0.1) is 0 Å². The van der Waals surface area contributed by atoms with E-state index in [1.165, 1.54) is 6.07 Å². The molecule has 0 spiro atoms. The first-order valence-electron chi connectivity index (χ1n) is 7.04. The van der Waals surface area contributed by atoms with E-state index < -0.39 is 0 Å². The molecular weight excluding hydrogens is 337 g/mol. The largest absolute Gasteiger partial charge is 0.347 e. The lowest BCUT2D eigenvalue weighted by Crippen LogP contribution is -2.58. The van der Waals surface area contributed by atoms with Crippen LogP contribution in [0.4, 0.5) is 4.39 Å². The number of hydrogen-bond acceptors (Lipinski definition) is 3. The Labute approximate surface area is 133 Å². The second kappa shape index (κ2) is 6.85. The zero-order chi connectivity index (χ0) is 15.6. The van der Waals surface area contributed by atoms with E-state index in [1.54, 1.807) is 25.1 Å². The Morgan fingerprint density at radius 2 is 2.24 bits per heavy atom. The number of nitrogens with one attached hydrogen (secondary N) is 1. The van der Waals surface area contributed by atoms with Crippen molar-refractivity contribution < 1.29 is 9.18 Å². The number of amides is 1. The molecule has 0 aliphatic carbocycles. The lowest BCUT2D eigenvalue weighted by atomic mass is 10.0. The topological polar surface area (TPSA) is 35.6 Å². The number of carbonyl (C=O) groups excluding carboxylic acids is 1. The molecule has 1 aromatic rings.